The second-order valence-corrected chi connectivity index (χ2v) is 4.81. The van der Waals surface area contributed by atoms with Crippen molar-refractivity contribution in [2.24, 2.45) is 5.73 Å². The molecule has 2 amide bonds. The summed E-state index contributed by atoms with van der Waals surface area (Å²) in [5.74, 6) is -0.167. The zero-order chi connectivity index (χ0) is 13.7. The highest BCUT2D eigenvalue weighted by Crippen LogP contribution is 2.10. The molecule has 6 nitrogen and oxygen atoms in total. The van der Waals surface area contributed by atoms with Gasteiger partial charge in [0.15, 0.2) is 0 Å². The van der Waals surface area contributed by atoms with Gasteiger partial charge in [0.05, 0.1) is 12.6 Å². The van der Waals surface area contributed by atoms with Gasteiger partial charge in [-0.1, -0.05) is 0 Å². The Hall–Kier alpha value is -1.47. The summed E-state index contributed by atoms with van der Waals surface area (Å²) in [5, 5.41) is 2.59. The topological polar surface area (TPSA) is 88.3 Å². The van der Waals surface area contributed by atoms with Gasteiger partial charge in [-0.15, -0.1) is 0 Å². The minimum Gasteiger partial charge on any atom is -0.335 e. The van der Waals surface area contributed by atoms with Crippen LogP contribution in [0.2, 0.25) is 0 Å². The number of rotatable bonds is 4. The summed E-state index contributed by atoms with van der Waals surface area (Å²) in [4.78, 5) is 28.4. The lowest BCUT2D eigenvalue weighted by atomic mass is 10.3. The number of hydrogen-bond acceptors (Lipinski definition) is 4. The standard InChI is InChI=1S/C11H15BrN4O2/c1-7(13)11(18)16(2)6-10(17)15-9-4-3-8(12)5-14-9/h3-5,7H,6,13H2,1-2H3,(H,14,15,17). The molecule has 1 atom stereocenters. The maximum Gasteiger partial charge on any atom is 0.245 e. The van der Waals surface area contributed by atoms with Crippen molar-refractivity contribution in [2.45, 2.75) is 13.0 Å². The Morgan fingerprint density at radius 1 is 1.56 bits per heavy atom. The number of aromatic nitrogens is 1. The molecule has 0 radical (unpaired) electrons. The lowest BCUT2D eigenvalue weighted by molar-refractivity contribution is -0.134. The zero-order valence-corrected chi connectivity index (χ0v) is 11.8. The molecule has 1 heterocycles. The number of amides is 2. The third-order valence-electron chi connectivity index (χ3n) is 2.14. The number of pyridine rings is 1. The van der Waals surface area contributed by atoms with E-state index in [1.54, 1.807) is 25.3 Å². The van der Waals surface area contributed by atoms with Gasteiger partial charge in [0.1, 0.15) is 5.82 Å². The molecular formula is C11H15BrN4O2. The summed E-state index contributed by atoms with van der Waals surface area (Å²) in [7, 11) is 1.53. The molecule has 0 aliphatic heterocycles. The first kappa shape index (κ1) is 14.6. The van der Waals surface area contributed by atoms with Crippen molar-refractivity contribution in [3.8, 4) is 0 Å². The Kier molecular flexibility index (Phi) is 5.24. The van der Waals surface area contributed by atoms with Gasteiger partial charge in [-0.25, -0.2) is 4.98 Å². The average Bonchev–Trinajstić information content (AvgIpc) is 2.30. The van der Waals surface area contributed by atoms with Crippen LogP contribution in [0.15, 0.2) is 22.8 Å². The number of likely N-dealkylation sites (N-methyl/N-ethyl adjacent to an activating group) is 1. The van der Waals surface area contributed by atoms with Crippen LogP contribution in [0.25, 0.3) is 0 Å². The van der Waals surface area contributed by atoms with Gasteiger partial charge in [-0.3, -0.25) is 9.59 Å². The molecule has 0 bridgehead atoms. The van der Waals surface area contributed by atoms with Gasteiger partial charge in [0.2, 0.25) is 11.8 Å². The van der Waals surface area contributed by atoms with Crippen LogP contribution in [0.4, 0.5) is 5.82 Å². The third kappa shape index (κ3) is 4.42. The van der Waals surface area contributed by atoms with E-state index in [1.807, 2.05) is 0 Å². The lowest BCUT2D eigenvalue weighted by Gasteiger charge is -2.18. The summed E-state index contributed by atoms with van der Waals surface area (Å²) in [5.41, 5.74) is 5.44. The van der Waals surface area contributed by atoms with Gasteiger partial charge >= 0.3 is 0 Å². The Balaban J connectivity index is 2.51. The molecule has 0 saturated heterocycles. The largest absolute Gasteiger partial charge is 0.335 e. The smallest absolute Gasteiger partial charge is 0.245 e. The van der Waals surface area contributed by atoms with E-state index in [0.29, 0.717) is 5.82 Å². The molecule has 18 heavy (non-hydrogen) atoms. The highest BCUT2D eigenvalue weighted by molar-refractivity contribution is 9.10. The van der Waals surface area contributed by atoms with Gasteiger partial charge in [-0.05, 0) is 35.0 Å². The van der Waals surface area contributed by atoms with Gasteiger partial charge in [0.25, 0.3) is 0 Å². The van der Waals surface area contributed by atoms with Gasteiger partial charge in [-0.2, -0.15) is 0 Å². The summed E-state index contributed by atoms with van der Waals surface area (Å²) >= 11 is 3.24. The minimum atomic E-state index is -0.617. The number of nitrogens with zero attached hydrogens (tertiary/aromatic N) is 2. The predicted octanol–water partition coefficient (Wildman–Crippen LogP) is 0.588. The quantitative estimate of drug-likeness (QED) is 0.851. The fraction of sp³-hybridized carbons (Fsp3) is 0.364. The highest BCUT2D eigenvalue weighted by Gasteiger charge is 2.16. The van der Waals surface area contributed by atoms with Crippen LogP contribution in [-0.4, -0.2) is 41.3 Å². The number of nitrogens with one attached hydrogen (secondary N) is 1. The van der Waals surface area contributed by atoms with E-state index in [4.69, 9.17) is 5.73 Å². The molecule has 1 aromatic heterocycles. The summed E-state index contributed by atoms with van der Waals surface area (Å²) < 4.78 is 0.824. The number of carbonyl (C=O) groups excluding carboxylic acids is 2. The van der Waals surface area contributed by atoms with Crippen LogP contribution in [-0.2, 0) is 9.59 Å². The van der Waals surface area contributed by atoms with E-state index in [-0.39, 0.29) is 18.4 Å². The molecule has 0 aliphatic carbocycles. The van der Waals surface area contributed by atoms with Crippen LogP contribution in [0, 0.1) is 0 Å². The number of halogens is 1. The maximum atomic E-state index is 11.6. The number of carbonyl (C=O) groups is 2. The molecule has 0 spiro atoms. The summed E-state index contributed by atoms with van der Waals surface area (Å²) in [6, 6.07) is 2.81. The molecule has 0 saturated carbocycles. The Labute approximate surface area is 114 Å². The molecule has 1 rings (SSSR count). The van der Waals surface area contributed by atoms with E-state index in [2.05, 4.69) is 26.2 Å². The first-order chi connectivity index (χ1) is 8.40. The predicted molar refractivity (Wildman–Crippen MR) is 71.9 cm³/mol. The molecule has 0 fully saturated rings. The van der Waals surface area contributed by atoms with Crippen molar-refractivity contribution < 1.29 is 9.59 Å². The van der Waals surface area contributed by atoms with Crippen molar-refractivity contribution in [3.63, 3.8) is 0 Å². The Morgan fingerprint density at radius 3 is 2.72 bits per heavy atom. The van der Waals surface area contributed by atoms with Crippen molar-refractivity contribution in [1.82, 2.24) is 9.88 Å². The van der Waals surface area contributed by atoms with Crippen molar-refractivity contribution in [1.29, 1.82) is 0 Å². The fourth-order valence-electron chi connectivity index (χ4n) is 1.27. The second kappa shape index (κ2) is 6.46. The summed E-state index contributed by atoms with van der Waals surface area (Å²) in [6.07, 6.45) is 1.58. The normalized spacial score (nSPS) is 11.8. The van der Waals surface area contributed by atoms with Crippen molar-refractivity contribution in [2.75, 3.05) is 18.9 Å². The molecule has 0 aromatic carbocycles. The van der Waals surface area contributed by atoms with Gasteiger partial charge < -0.3 is 16.0 Å². The maximum absolute atomic E-state index is 11.6. The first-order valence-corrected chi connectivity index (χ1v) is 6.11. The monoisotopic (exact) mass is 314 g/mol. The Bertz CT molecular complexity index is 433. The van der Waals surface area contributed by atoms with Crippen LogP contribution in [0.1, 0.15) is 6.92 Å². The number of nitrogens with two attached hydrogens (primary N) is 1. The molecule has 0 aliphatic rings. The lowest BCUT2D eigenvalue weighted by Crippen LogP contribution is -2.43. The van der Waals surface area contributed by atoms with Crippen LogP contribution < -0.4 is 11.1 Å². The first-order valence-electron chi connectivity index (χ1n) is 5.32. The zero-order valence-electron chi connectivity index (χ0n) is 10.2. The average molecular weight is 315 g/mol. The molecule has 1 unspecified atom stereocenters. The van der Waals surface area contributed by atoms with E-state index in [1.165, 1.54) is 11.9 Å². The van der Waals surface area contributed by atoms with E-state index >= 15 is 0 Å². The van der Waals surface area contributed by atoms with Crippen LogP contribution in [0.3, 0.4) is 0 Å². The van der Waals surface area contributed by atoms with Crippen molar-refractivity contribution in [3.05, 3.63) is 22.8 Å². The second-order valence-electron chi connectivity index (χ2n) is 3.89. The Morgan fingerprint density at radius 2 is 2.22 bits per heavy atom. The molecule has 1 aromatic rings. The van der Waals surface area contributed by atoms with Gasteiger partial charge in [0, 0.05) is 17.7 Å². The third-order valence-corrected chi connectivity index (χ3v) is 2.61. The van der Waals surface area contributed by atoms with Crippen molar-refractivity contribution >= 4 is 33.6 Å². The SMILES string of the molecule is CC(N)C(=O)N(C)CC(=O)Nc1ccc(Br)cn1. The molecule has 3 N–H and O–H groups in total. The van der Waals surface area contributed by atoms with E-state index < -0.39 is 6.04 Å². The number of anilines is 1. The van der Waals surface area contributed by atoms with E-state index in [9.17, 15) is 9.59 Å². The minimum absolute atomic E-state index is 0.0574. The van der Waals surface area contributed by atoms with Crippen LogP contribution >= 0.6 is 15.9 Å². The fourth-order valence-corrected chi connectivity index (χ4v) is 1.51. The van der Waals surface area contributed by atoms with E-state index in [0.717, 1.165) is 4.47 Å². The van der Waals surface area contributed by atoms with Crippen LogP contribution in [0.5, 0.6) is 0 Å². The molecule has 7 heteroatoms. The highest BCUT2D eigenvalue weighted by atomic mass is 79.9. The molecule has 98 valence electrons. The molecular weight excluding hydrogens is 300 g/mol. The summed E-state index contributed by atoms with van der Waals surface area (Å²) in [6.45, 7) is 1.52. The number of hydrogen-bond donors (Lipinski definition) is 2.